The minimum atomic E-state index is -0.536. The molecule has 9 heteroatoms. The molecular formula is C19H24N4O5. The monoisotopic (exact) mass is 388 g/mol. The van der Waals surface area contributed by atoms with Gasteiger partial charge in [-0.05, 0) is 12.1 Å². The number of piperidine rings is 1. The van der Waals surface area contributed by atoms with Crippen molar-refractivity contribution in [2.45, 2.75) is 18.6 Å². The van der Waals surface area contributed by atoms with E-state index in [0.29, 0.717) is 65.3 Å². The molecule has 4 heterocycles. The van der Waals surface area contributed by atoms with Crippen LogP contribution in [0.4, 0.5) is 0 Å². The Kier molecular flexibility index (Phi) is 5.27. The molecule has 0 aliphatic carbocycles. The summed E-state index contributed by atoms with van der Waals surface area (Å²) in [6.45, 7) is 4.21. The number of carbonyl (C=O) groups excluding carboxylic acids is 3. The number of aromatic nitrogens is 1. The average Bonchev–Trinajstić information content (AvgIpc) is 3.21. The fourth-order valence-electron chi connectivity index (χ4n) is 3.86. The van der Waals surface area contributed by atoms with Crippen molar-refractivity contribution < 1.29 is 23.9 Å². The van der Waals surface area contributed by atoms with E-state index in [9.17, 15) is 14.4 Å². The van der Waals surface area contributed by atoms with Crippen molar-refractivity contribution in [3.05, 3.63) is 29.6 Å². The number of ether oxygens (including phenoxy) is 2. The lowest BCUT2D eigenvalue weighted by molar-refractivity contribution is -0.181. The van der Waals surface area contributed by atoms with Gasteiger partial charge in [0.2, 0.25) is 6.41 Å². The molecule has 0 unspecified atom stereocenters. The highest BCUT2D eigenvalue weighted by atomic mass is 16.7. The van der Waals surface area contributed by atoms with Gasteiger partial charge in [-0.3, -0.25) is 14.4 Å². The van der Waals surface area contributed by atoms with Gasteiger partial charge in [-0.15, -0.1) is 0 Å². The molecule has 1 spiro atoms. The fourth-order valence-corrected chi connectivity index (χ4v) is 3.86. The van der Waals surface area contributed by atoms with Crippen LogP contribution in [0.15, 0.2) is 18.2 Å². The maximum Gasteiger partial charge on any atom is 0.272 e. The Morgan fingerprint density at radius 1 is 0.893 bits per heavy atom. The molecule has 0 radical (unpaired) electrons. The van der Waals surface area contributed by atoms with E-state index in [1.54, 1.807) is 32.9 Å². The van der Waals surface area contributed by atoms with E-state index in [-0.39, 0.29) is 23.2 Å². The minimum Gasteiger partial charge on any atom is -0.347 e. The highest BCUT2D eigenvalue weighted by Gasteiger charge is 2.41. The number of rotatable bonds is 3. The second kappa shape index (κ2) is 7.84. The third-order valence-corrected chi connectivity index (χ3v) is 5.56. The predicted molar refractivity (Wildman–Crippen MR) is 97.6 cm³/mol. The summed E-state index contributed by atoms with van der Waals surface area (Å²) in [5, 5.41) is 0. The van der Waals surface area contributed by atoms with E-state index in [1.807, 2.05) is 0 Å². The van der Waals surface area contributed by atoms with Crippen LogP contribution >= 0.6 is 0 Å². The molecular weight excluding hydrogens is 364 g/mol. The number of piperazine rings is 1. The van der Waals surface area contributed by atoms with E-state index in [2.05, 4.69) is 4.98 Å². The van der Waals surface area contributed by atoms with Gasteiger partial charge >= 0.3 is 0 Å². The average molecular weight is 388 g/mol. The molecule has 3 saturated heterocycles. The SMILES string of the molecule is O=CN1CCN(C(=O)c2cccc(C(=O)N3CCC4(CC3)OCCO4)n2)CC1. The summed E-state index contributed by atoms with van der Waals surface area (Å²) in [5.74, 6) is -0.940. The van der Waals surface area contributed by atoms with Crippen LogP contribution in [0.5, 0.6) is 0 Å². The summed E-state index contributed by atoms with van der Waals surface area (Å²) in [4.78, 5) is 45.7. The zero-order valence-electron chi connectivity index (χ0n) is 15.7. The Balaban J connectivity index is 1.40. The molecule has 3 aliphatic rings. The number of hydrogen-bond donors (Lipinski definition) is 0. The summed E-state index contributed by atoms with van der Waals surface area (Å²) in [7, 11) is 0. The maximum absolute atomic E-state index is 12.8. The molecule has 0 atom stereocenters. The summed E-state index contributed by atoms with van der Waals surface area (Å²) in [6.07, 6.45) is 2.07. The lowest BCUT2D eigenvalue weighted by Gasteiger charge is -2.37. The third kappa shape index (κ3) is 3.72. The first kappa shape index (κ1) is 18.8. The zero-order chi connectivity index (χ0) is 19.6. The number of nitrogens with zero attached hydrogens (tertiary/aromatic N) is 4. The van der Waals surface area contributed by atoms with E-state index in [0.717, 1.165) is 6.41 Å². The maximum atomic E-state index is 12.8. The molecule has 0 N–H and O–H groups in total. The Morgan fingerprint density at radius 2 is 1.43 bits per heavy atom. The van der Waals surface area contributed by atoms with Crippen molar-refractivity contribution in [2.75, 3.05) is 52.5 Å². The van der Waals surface area contributed by atoms with E-state index < -0.39 is 5.79 Å². The van der Waals surface area contributed by atoms with Crippen LogP contribution in [-0.2, 0) is 14.3 Å². The normalized spacial score (nSPS) is 21.8. The van der Waals surface area contributed by atoms with Gasteiger partial charge in [0, 0.05) is 52.1 Å². The fraction of sp³-hybridized carbons (Fsp3) is 0.579. The van der Waals surface area contributed by atoms with Gasteiger partial charge in [-0.25, -0.2) is 4.98 Å². The van der Waals surface area contributed by atoms with Crippen LogP contribution in [0.25, 0.3) is 0 Å². The molecule has 150 valence electrons. The van der Waals surface area contributed by atoms with Gasteiger partial charge in [-0.2, -0.15) is 0 Å². The molecule has 0 bridgehead atoms. The van der Waals surface area contributed by atoms with Crippen LogP contribution < -0.4 is 0 Å². The van der Waals surface area contributed by atoms with Gasteiger partial charge in [0.1, 0.15) is 11.4 Å². The molecule has 4 rings (SSSR count). The molecule has 3 fully saturated rings. The standard InChI is InChI=1S/C19H24N4O5/c24-14-21-8-10-23(11-9-21)18(26)16-3-1-2-15(20-16)17(25)22-6-4-19(5-7-22)27-12-13-28-19/h1-3,14H,4-13H2. The Labute approximate surface area is 163 Å². The molecule has 0 aromatic carbocycles. The van der Waals surface area contributed by atoms with E-state index in [4.69, 9.17) is 9.47 Å². The smallest absolute Gasteiger partial charge is 0.272 e. The number of hydrogen-bond acceptors (Lipinski definition) is 6. The molecule has 3 amide bonds. The van der Waals surface area contributed by atoms with Crippen LogP contribution in [0.1, 0.15) is 33.8 Å². The third-order valence-electron chi connectivity index (χ3n) is 5.56. The van der Waals surface area contributed by atoms with Gasteiger partial charge in [0.05, 0.1) is 13.2 Å². The van der Waals surface area contributed by atoms with E-state index >= 15 is 0 Å². The minimum absolute atomic E-state index is 0.187. The molecule has 1 aromatic heterocycles. The molecule has 3 aliphatic heterocycles. The van der Waals surface area contributed by atoms with Crippen molar-refractivity contribution in [2.24, 2.45) is 0 Å². The second-order valence-electron chi connectivity index (χ2n) is 7.24. The van der Waals surface area contributed by atoms with Gasteiger partial charge < -0.3 is 24.2 Å². The van der Waals surface area contributed by atoms with Crippen LogP contribution in [0.3, 0.4) is 0 Å². The Morgan fingerprint density at radius 3 is 1.96 bits per heavy atom. The van der Waals surface area contributed by atoms with Crippen molar-refractivity contribution in [3.8, 4) is 0 Å². The first-order valence-electron chi connectivity index (χ1n) is 9.63. The van der Waals surface area contributed by atoms with Crippen molar-refractivity contribution >= 4 is 18.2 Å². The second-order valence-corrected chi connectivity index (χ2v) is 7.24. The summed E-state index contributed by atoms with van der Waals surface area (Å²) in [6, 6.07) is 4.94. The van der Waals surface area contributed by atoms with Crippen molar-refractivity contribution in [1.82, 2.24) is 19.7 Å². The summed E-state index contributed by atoms with van der Waals surface area (Å²) >= 11 is 0. The molecule has 0 saturated carbocycles. The van der Waals surface area contributed by atoms with Gasteiger partial charge in [0.25, 0.3) is 11.8 Å². The summed E-state index contributed by atoms with van der Waals surface area (Å²) < 4.78 is 11.4. The zero-order valence-corrected chi connectivity index (χ0v) is 15.7. The van der Waals surface area contributed by atoms with Gasteiger partial charge in [-0.1, -0.05) is 6.07 Å². The number of likely N-dealkylation sites (tertiary alicyclic amines) is 1. The highest BCUT2D eigenvalue weighted by molar-refractivity contribution is 5.96. The van der Waals surface area contributed by atoms with Crippen LogP contribution in [0.2, 0.25) is 0 Å². The quantitative estimate of drug-likeness (QED) is 0.676. The summed E-state index contributed by atoms with van der Waals surface area (Å²) in [5.41, 5.74) is 0.517. The number of pyridine rings is 1. The first-order chi connectivity index (χ1) is 13.6. The topological polar surface area (TPSA) is 92.3 Å². The van der Waals surface area contributed by atoms with Crippen LogP contribution in [-0.4, -0.2) is 96.2 Å². The van der Waals surface area contributed by atoms with Gasteiger partial charge in [0.15, 0.2) is 5.79 Å². The predicted octanol–water partition coefficient (Wildman–Crippen LogP) is -0.0251. The number of carbonyl (C=O) groups is 3. The van der Waals surface area contributed by atoms with Crippen molar-refractivity contribution in [3.63, 3.8) is 0 Å². The lowest BCUT2D eigenvalue weighted by Crippen LogP contribution is -2.48. The first-order valence-corrected chi connectivity index (χ1v) is 9.63. The van der Waals surface area contributed by atoms with Crippen molar-refractivity contribution in [1.29, 1.82) is 0 Å². The molecule has 9 nitrogen and oxygen atoms in total. The Hall–Kier alpha value is -2.52. The number of amides is 3. The van der Waals surface area contributed by atoms with Crippen LogP contribution in [0, 0.1) is 0 Å². The Bertz CT molecular complexity index is 746. The molecule has 1 aromatic rings. The highest BCUT2D eigenvalue weighted by Crippen LogP contribution is 2.31. The largest absolute Gasteiger partial charge is 0.347 e. The lowest BCUT2D eigenvalue weighted by atomic mass is 10.0. The van der Waals surface area contributed by atoms with E-state index in [1.165, 1.54) is 0 Å². The molecule has 28 heavy (non-hydrogen) atoms.